The SMILES string of the molecule is CCCOc1cccc(C(=O)NC(=S)Nc2ccc(I)cc2F)c1. The molecule has 2 aromatic carbocycles. The highest BCUT2D eigenvalue weighted by atomic mass is 127. The minimum atomic E-state index is -0.437. The summed E-state index contributed by atoms with van der Waals surface area (Å²) in [6.45, 7) is 2.58. The van der Waals surface area contributed by atoms with Crippen molar-refractivity contribution in [2.45, 2.75) is 13.3 Å². The average molecular weight is 458 g/mol. The molecular formula is C17H16FIN2O2S. The van der Waals surface area contributed by atoms with Crippen LogP contribution in [0.4, 0.5) is 10.1 Å². The molecule has 24 heavy (non-hydrogen) atoms. The number of hydrogen-bond acceptors (Lipinski definition) is 3. The minimum absolute atomic E-state index is 0.0278. The molecule has 0 unspecified atom stereocenters. The van der Waals surface area contributed by atoms with Gasteiger partial charge in [-0.3, -0.25) is 10.1 Å². The molecule has 0 heterocycles. The number of nitrogens with one attached hydrogen (secondary N) is 2. The van der Waals surface area contributed by atoms with E-state index in [0.717, 1.165) is 9.99 Å². The van der Waals surface area contributed by atoms with Crippen LogP contribution in [0.15, 0.2) is 42.5 Å². The zero-order valence-corrected chi connectivity index (χ0v) is 15.9. The third kappa shape index (κ3) is 5.41. The molecule has 0 aromatic heterocycles. The van der Waals surface area contributed by atoms with Crippen LogP contribution < -0.4 is 15.4 Å². The van der Waals surface area contributed by atoms with E-state index in [-0.39, 0.29) is 16.7 Å². The number of carbonyl (C=O) groups is 1. The summed E-state index contributed by atoms with van der Waals surface area (Å²) in [6, 6.07) is 11.5. The number of thiocarbonyl (C=S) groups is 1. The first-order valence-corrected chi connectivity index (χ1v) is 8.78. The van der Waals surface area contributed by atoms with Gasteiger partial charge in [-0.1, -0.05) is 13.0 Å². The Morgan fingerprint density at radius 1 is 1.29 bits per heavy atom. The zero-order chi connectivity index (χ0) is 17.5. The molecule has 2 N–H and O–H groups in total. The maximum atomic E-state index is 13.8. The van der Waals surface area contributed by atoms with Gasteiger partial charge in [0.05, 0.1) is 12.3 Å². The fraction of sp³-hybridized carbons (Fsp3) is 0.176. The van der Waals surface area contributed by atoms with Gasteiger partial charge in [0, 0.05) is 9.13 Å². The van der Waals surface area contributed by atoms with Crippen molar-refractivity contribution in [3.63, 3.8) is 0 Å². The van der Waals surface area contributed by atoms with E-state index >= 15 is 0 Å². The Morgan fingerprint density at radius 2 is 2.08 bits per heavy atom. The van der Waals surface area contributed by atoms with Gasteiger partial charge in [0.1, 0.15) is 11.6 Å². The first-order valence-electron chi connectivity index (χ1n) is 7.30. The van der Waals surface area contributed by atoms with Crippen molar-refractivity contribution in [2.24, 2.45) is 0 Å². The monoisotopic (exact) mass is 458 g/mol. The summed E-state index contributed by atoms with van der Waals surface area (Å²) in [7, 11) is 0. The Balaban J connectivity index is 1.99. The summed E-state index contributed by atoms with van der Waals surface area (Å²) in [6.07, 6.45) is 0.881. The highest BCUT2D eigenvalue weighted by Gasteiger charge is 2.10. The highest BCUT2D eigenvalue weighted by Crippen LogP contribution is 2.17. The molecule has 0 bridgehead atoms. The van der Waals surface area contributed by atoms with E-state index in [0.29, 0.717) is 17.9 Å². The summed E-state index contributed by atoms with van der Waals surface area (Å²) in [5, 5.41) is 5.23. The van der Waals surface area contributed by atoms with E-state index in [9.17, 15) is 9.18 Å². The third-order valence-electron chi connectivity index (χ3n) is 2.98. The minimum Gasteiger partial charge on any atom is -0.494 e. The van der Waals surface area contributed by atoms with E-state index in [1.807, 2.05) is 29.5 Å². The largest absolute Gasteiger partial charge is 0.494 e. The molecule has 0 spiro atoms. The van der Waals surface area contributed by atoms with Crippen LogP contribution in [0.2, 0.25) is 0 Å². The van der Waals surface area contributed by atoms with Crippen LogP contribution in [0.5, 0.6) is 5.75 Å². The van der Waals surface area contributed by atoms with Crippen molar-refractivity contribution >= 4 is 51.5 Å². The number of anilines is 1. The lowest BCUT2D eigenvalue weighted by molar-refractivity contribution is 0.0977. The number of hydrogen-bond donors (Lipinski definition) is 2. The smallest absolute Gasteiger partial charge is 0.257 e. The summed E-state index contributed by atoms with van der Waals surface area (Å²) in [4.78, 5) is 12.2. The summed E-state index contributed by atoms with van der Waals surface area (Å²) < 4.78 is 20.1. The van der Waals surface area contributed by atoms with Crippen LogP contribution in [-0.2, 0) is 0 Å². The Bertz CT molecular complexity index is 755. The van der Waals surface area contributed by atoms with Gasteiger partial charge in [-0.15, -0.1) is 0 Å². The van der Waals surface area contributed by atoms with Crippen molar-refractivity contribution in [3.8, 4) is 5.75 Å². The van der Waals surface area contributed by atoms with Gasteiger partial charge >= 0.3 is 0 Å². The predicted octanol–water partition coefficient (Wildman–Crippen LogP) is 4.35. The molecule has 0 aliphatic carbocycles. The van der Waals surface area contributed by atoms with Crippen molar-refractivity contribution in [1.82, 2.24) is 5.32 Å². The Kier molecular flexibility index (Phi) is 6.92. The van der Waals surface area contributed by atoms with Crippen molar-refractivity contribution in [3.05, 3.63) is 57.4 Å². The van der Waals surface area contributed by atoms with Crippen LogP contribution in [0.25, 0.3) is 0 Å². The standard InChI is InChI=1S/C17H16FIN2O2S/c1-2-8-23-13-5-3-4-11(9-13)16(22)21-17(24)20-15-7-6-12(19)10-14(15)18/h3-7,9-10H,2,8H2,1H3,(H2,20,21,22,24). The molecule has 0 atom stereocenters. The molecule has 2 aromatic rings. The van der Waals surface area contributed by atoms with E-state index in [1.54, 1.807) is 36.4 Å². The van der Waals surface area contributed by atoms with E-state index in [1.165, 1.54) is 6.07 Å². The van der Waals surface area contributed by atoms with Crippen LogP contribution in [0.1, 0.15) is 23.7 Å². The predicted molar refractivity (Wildman–Crippen MR) is 105 cm³/mol. The molecule has 1 amide bonds. The number of benzene rings is 2. The molecule has 7 heteroatoms. The maximum absolute atomic E-state index is 13.8. The molecule has 0 aliphatic heterocycles. The second kappa shape index (κ2) is 8.93. The number of ether oxygens (including phenoxy) is 1. The third-order valence-corrected chi connectivity index (χ3v) is 3.85. The fourth-order valence-corrected chi connectivity index (χ4v) is 2.52. The normalized spacial score (nSPS) is 10.1. The van der Waals surface area contributed by atoms with Gasteiger partial charge in [-0.25, -0.2) is 4.39 Å². The molecule has 4 nitrogen and oxygen atoms in total. The summed E-state index contributed by atoms with van der Waals surface area (Å²) >= 11 is 7.08. The van der Waals surface area contributed by atoms with E-state index < -0.39 is 5.82 Å². The lowest BCUT2D eigenvalue weighted by Crippen LogP contribution is -2.34. The van der Waals surface area contributed by atoms with Crippen molar-refractivity contribution in [2.75, 3.05) is 11.9 Å². The second-order valence-electron chi connectivity index (χ2n) is 4.91. The first kappa shape index (κ1) is 18.6. The molecule has 126 valence electrons. The lowest BCUT2D eigenvalue weighted by Gasteiger charge is -2.11. The van der Waals surface area contributed by atoms with Crippen molar-refractivity contribution in [1.29, 1.82) is 0 Å². The fourth-order valence-electron chi connectivity index (χ4n) is 1.87. The molecule has 0 saturated carbocycles. The molecule has 0 radical (unpaired) electrons. The van der Waals surface area contributed by atoms with Crippen LogP contribution in [-0.4, -0.2) is 17.6 Å². The highest BCUT2D eigenvalue weighted by molar-refractivity contribution is 14.1. The molecular weight excluding hydrogens is 442 g/mol. The average Bonchev–Trinajstić information content (AvgIpc) is 2.55. The molecule has 0 fully saturated rings. The number of rotatable bonds is 5. The second-order valence-corrected chi connectivity index (χ2v) is 6.56. The topological polar surface area (TPSA) is 50.4 Å². The van der Waals surface area contributed by atoms with Crippen molar-refractivity contribution < 1.29 is 13.9 Å². The van der Waals surface area contributed by atoms with Gasteiger partial charge in [-0.05, 0) is 77.6 Å². The summed E-state index contributed by atoms with van der Waals surface area (Å²) in [5.41, 5.74) is 0.622. The zero-order valence-electron chi connectivity index (χ0n) is 12.9. The number of amides is 1. The number of carbonyl (C=O) groups excluding carboxylic acids is 1. The molecule has 0 aliphatic rings. The van der Waals surface area contributed by atoms with E-state index in [2.05, 4.69) is 10.6 Å². The molecule has 2 rings (SSSR count). The van der Waals surface area contributed by atoms with Crippen LogP contribution in [0, 0.1) is 9.39 Å². The van der Waals surface area contributed by atoms with Crippen LogP contribution >= 0.6 is 34.8 Å². The summed E-state index contributed by atoms with van der Waals surface area (Å²) in [5.74, 6) is -0.208. The Labute approximate surface area is 158 Å². The van der Waals surface area contributed by atoms with E-state index in [4.69, 9.17) is 17.0 Å². The van der Waals surface area contributed by atoms with Gasteiger partial charge in [0.25, 0.3) is 5.91 Å². The lowest BCUT2D eigenvalue weighted by atomic mass is 10.2. The molecule has 0 saturated heterocycles. The maximum Gasteiger partial charge on any atom is 0.257 e. The van der Waals surface area contributed by atoms with Gasteiger partial charge in [0.15, 0.2) is 5.11 Å². The van der Waals surface area contributed by atoms with Gasteiger partial charge in [-0.2, -0.15) is 0 Å². The Morgan fingerprint density at radius 3 is 2.79 bits per heavy atom. The number of halogens is 2. The van der Waals surface area contributed by atoms with Gasteiger partial charge in [0.2, 0.25) is 0 Å². The van der Waals surface area contributed by atoms with Gasteiger partial charge < -0.3 is 10.1 Å². The van der Waals surface area contributed by atoms with Crippen LogP contribution in [0.3, 0.4) is 0 Å². The first-order chi connectivity index (χ1) is 11.5. The quantitative estimate of drug-likeness (QED) is 0.517. The Hall–Kier alpha value is -1.74.